The topological polar surface area (TPSA) is 49.5 Å². The molecule has 3 unspecified atom stereocenters. The Morgan fingerprint density at radius 2 is 1.88 bits per heavy atom. The summed E-state index contributed by atoms with van der Waals surface area (Å²) in [5, 5.41) is 0. The second-order valence-electron chi connectivity index (χ2n) is 4.89. The zero-order valence-electron chi connectivity index (χ0n) is 10.1. The molecule has 0 saturated carbocycles. The fourth-order valence-electron chi connectivity index (χ4n) is 2.25. The number of rotatable bonds is 4. The summed E-state index contributed by atoms with van der Waals surface area (Å²) in [6.07, 6.45) is 4.51. The maximum absolute atomic E-state index is 5.86. The quantitative estimate of drug-likeness (QED) is 0.692. The standard InChI is InChI=1S/C12H20O5/c1-2-4-12(15-5-3-1)16-9-11(17-12)7-13-6-10-8-14-10/h10-11H,1-9H2. The van der Waals surface area contributed by atoms with E-state index in [1.807, 2.05) is 0 Å². The van der Waals surface area contributed by atoms with Crippen LogP contribution in [0.25, 0.3) is 0 Å². The van der Waals surface area contributed by atoms with Gasteiger partial charge in [0, 0.05) is 6.42 Å². The molecule has 98 valence electrons. The third-order valence-electron chi connectivity index (χ3n) is 3.29. The Labute approximate surface area is 101 Å². The summed E-state index contributed by atoms with van der Waals surface area (Å²) in [5.41, 5.74) is 0. The highest BCUT2D eigenvalue weighted by molar-refractivity contribution is 4.74. The van der Waals surface area contributed by atoms with Gasteiger partial charge in [-0.05, 0) is 12.8 Å². The highest BCUT2D eigenvalue weighted by atomic mass is 16.9. The molecule has 17 heavy (non-hydrogen) atoms. The molecule has 3 saturated heterocycles. The van der Waals surface area contributed by atoms with E-state index in [0.29, 0.717) is 25.9 Å². The van der Waals surface area contributed by atoms with Crippen molar-refractivity contribution in [3.05, 3.63) is 0 Å². The first-order valence-electron chi connectivity index (χ1n) is 6.51. The molecule has 0 bridgehead atoms. The molecule has 0 amide bonds. The molecule has 0 aromatic heterocycles. The molecular formula is C12H20O5. The maximum atomic E-state index is 5.86. The monoisotopic (exact) mass is 244 g/mol. The lowest BCUT2D eigenvalue weighted by Crippen LogP contribution is -2.34. The molecule has 3 heterocycles. The Bertz CT molecular complexity index is 245. The fourth-order valence-corrected chi connectivity index (χ4v) is 2.25. The molecule has 0 N–H and O–H groups in total. The molecule has 5 heteroatoms. The van der Waals surface area contributed by atoms with Crippen molar-refractivity contribution in [1.82, 2.24) is 0 Å². The third kappa shape index (κ3) is 3.17. The Kier molecular flexibility index (Phi) is 3.63. The summed E-state index contributed by atoms with van der Waals surface area (Å²) < 4.78 is 27.8. The molecule has 1 spiro atoms. The molecular weight excluding hydrogens is 224 g/mol. The van der Waals surface area contributed by atoms with E-state index in [-0.39, 0.29) is 6.10 Å². The van der Waals surface area contributed by atoms with Gasteiger partial charge in [0.25, 0.3) is 5.97 Å². The van der Waals surface area contributed by atoms with Crippen molar-refractivity contribution >= 4 is 0 Å². The van der Waals surface area contributed by atoms with Crippen molar-refractivity contribution < 1.29 is 23.7 Å². The minimum absolute atomic E-state index is 0.00755. The van der Waals surface area contributed by atoms with Crippen LogP contribution in [0.1, 0.15) is 25.7 Å². The third-order valence-corrected chi connectivity index (χ3v) is 3.29. The van der Waals surface area contributed by atoms with Gasteiger partial charge >= 0.3 is 0 Å². The largest absolute Gasteiger partial charge is 0.376 e. The van der Waals surface area contributed by atoms with E-state index in [4.69, 9.17) is 23.7 Å². The van der Waals surface area contributed by atoms with Crippen molar-refractivity contribution in [1.29, 1.82) is 0 Å². The van der Waals surface area contributed by atoms with Crippen LogP contribution in [-0.4, -0.2) is 51.2 Å². The lowest BCUT2D eigenvalue weighted by Gasteiger charge is -2.25. The smallest absolute Gasteiger partial charge is 0.283 e. The van der Waals surface area contributed by atoms with E-state index in [1.165, 1.54) is 6.42 Å². The van der Waals surface area contributed by atoms with Crippen molar-refractivity contribution in [2.24, 2.45) is 0 Å². The second-order valence-corrected chi connectivity index (χ2v) is 4.89. The van der Waals surface area contributed by atoms with E-state index in [9.17, 15) is 0 Å². The summed E-state index contributed by atoms with van der Waals surface area (Å²) in [6, 6.07) is 0. The molecule has 3 aliphatic heterocycles. The van der Waals surface area contributed by atoms with Gasteiger partial charge < -0.3 is 23.7 Å². The Hall–Kier alpha value is -0.200. The Morgan fingerprint density at radius 1 is 1.00 bits per heavy atom. The van der Waals surface area contributed by atoms with Crippen molar-refractivity contribution in [2.45, 2.75) is 43.9 Å². The van der Waals surface area contributed by atoms with Gasteiger partial charge in [-0.25, -0.2) is 0 Å². The van der Waals surface area contributed by atoms with Crippen LogP contribution in [0.5, 0.6) is 0 Å². The van der Waals surface area contributed by atoms with Crippen LogP contribution in [0.3, 0.4) is 0 Å². The molecule has 3 rings (SSSR count). The fraction of sp³-hybridized carbons (Fsp3) is 1.00. The molecule has 0 aromatic rings. The van der Waals surface area contributed by atoms with E-state index in [0.717, 1.165) is 32.5 Å². The van der Waals surface area contributed by atoms with Crippen molar-refractivity contribution in [2.75, 3.05) is 33.0 Å². The van der Waals surface area contributed by atoms with Gasteiger partial charge in [-0.1, -0.05) is 6.42 Å². The predicted molar refractivity (Wildman–Crippen MR) is 58.5 cm³/mol. The number of hydrogen-bond donors (Lipinski definition) is 0. The number of ether oxygens (including phenoxy) is 5. The minimum atomic E-state index is -0.777. The van der Waals surface area contributed by atoms with Gasteiger partial charge in [0.05, 0.1) is 33.0 Å². The van der Waals surface area contributed by atoms with Crippen LogP contribution < -0.4 is 0 Å². The van der Waals surface area contributed by atoms with Gasteiger partial charge in [-0.3, -0.25) is 0 Å². The summed E-state index contributed by atoms with van der Waals surface area (Å²) in [6.45, 7) is 3.34. The first kappa shape index (κ1) is 11.9. The SMILES string of the molecule is C1CCOC2(CC1)OCC(COCC1CO1)O2. The van der Waals surface area contributed by atoms with Crippen molar-refractivity contribution in [3.8, 4) is 0 Å². The normalized spacial score (nSPS) is 41.6. The summed E-state index contributed by atoms with van der Waals surface area (Å²) in [7, 11) is 0. The zero-order chi connectivity index (χ0) is 11.6. The average Bonchev–Trinajstić information content (AvgIpc) is 3.08. The summed E-state index contributed by atoms with van der Waals surface area (Å²) >= 11 is 0. The summed E-state index contributed by atoms with van der Waals surface area (Å²) in [4.78, 5) is 0. The first-order chi connectivity index (χ1) is 8.36. The highest BCUT2D eigenvalue weighted by Gasteiger charge is 2.43. The van der Waals surface area contributed by atoms with E-state index >= 15 is 0 Å². The lowest BCUT2D eigenvalue weighted by atomic mass is 10.2. The van der Waals surface area contributed by atoms with Crippen LogP contribution >= 0.6 is 0 Å². The number of epoxide rings is 1. The molecule has 5 nitrogen and oxygen atoms in total. The maximum Gasteiger partial charge on any atom is 0.283 e. The highest BCUT2D eigenvalue weighted by Crippen LogP contribution is 2.33. The van der Waals surface area contributed by atoms with Gasteiger partial charge in [0.1, 0.15) is 12.2 Å². The number of hydrogen-bond acceptors (Lipinski definition) is 5. The van der Waals surface area contributed by atoms with Crippen LogP contribution in [0.4, 0.5) is 0 Å². The molecule has 0 radical (unpaired) electrons. The van der Waals surface area contributed by atoms with Crippen LogP contribution in [-0.2, 0) is 23.7 Å². The zero-order valence-corrected chi connectivity index (χ0v) is 10.1. The molecule has 3 atom stereocenters. The van der Waals surface area contributed by atoms with Crippen LogP contribution in [0.2, 0.25) is 0 Å². The summed E-state index contributed by atoms with van der Waals surface area (Å²) in [5.74, 6) is -0.777. The second kappa shape index (κ2) is 5.20. The molecule has 0 aromatic carbocycles. The Balaban J connectivity index is 1.42. The lowest BCUT2D eigenvalue weighted by molar-refractivity contribution is -0.337. The van der Waals surface area contributed by atoms with Crippen molar-refractivity contribution in [3.63, 3.8) is 0 Å². The van der Waals surface area contributed by atoms with E-state index in [1.54, 1.807) is 0 Å². The molecule has 3 aliphatic rings. The van der Waals surface area contributed by atoms with Gasteiger partial charge in [-0.2, -0.15) is 0 Å². The van der Waals surface area contributed by atoms with Gasteiger partial charge in [-0.15, -0.1) is 0 Å². The van der Waals surface area contributed by atoms with Crippen LogP contribution in [0.15, 0.2) is 0 Å². The average molecular weight is 244 g/mol. The minimum Gasteiger partial charge on any atom is -0.376 e. The predicted octanol–water partition coefficient (Wildman–Crippen LogP) is 1.06. The van der Waals surface area contributed by atoms with E-state index < -0.39 is 5.97 Å². The molecule has 0 aliphatic carbocycles. The Morgan fingerprint density at radius 3 is 2.76 bits per heavy atom. The first-order valence-corrected chi connectivity index (χ1v) is 6.51. The van der Waals surface area contributed by atoms with E-state index in [2.05, 4.69) is 0 Å². The van der Waals surface area contributed by atoms with Gasteiger partial charge in [0.2, 0.25) is 0 Å². The van der Waals surface area contributed by atoms with Gasteiger partial charge in [0.15, 0.2) is 0 Å². The molecule has 3 fully saturated rings. The van der Waals surface area contributed by atoms with Crippen LogP contribution in [0, 0.1) is 0 Å².